The van der Waals surface area contributed by atoms with Crippen LogP contribution in [0, 0.1) is 0 Å². The first-order chi connectivity index (χ1) is 9.57. The summed E-state index contributed by atoms with van der Waals surface area (Å²) in [6, 6.07) is 9.75. The van der Waals surface area contributed by atoms with E-state index in [4.69, 9.17) is 0 Å². The minimum absolute atomic E-state index is 0.0440. The smallest absolute Gasteiger partial charge is 0.256 e. The van der Waals surface area contributed by atoms with Crippen molar-refractivity contribution < 1.29 is 13.2 Å². The molecule has 0 radical (unpaired) electrons. The minimum atomic E-state index is -4.38. The summed E-state index contributed by atoms with van der Waals surface area (Å²) in [7, 11) is 0. The highest BCUT2D eigenvalue weighted by molar-refractivity contribution is 5.68. The number of pyridine rings is 1. The molecule has 0 atom stereocenters. The van der Waals surface area contributed by atoms with Crippen molar-refractivity contribution in [1.29, 1.82) is 0 Å². The molecule has 1 aromatic heterocycles. The zero-order valence-electron chi connectivity index (χ0n) is 10.8. The first-order valence-electron chi connectivity index (χ1n) is 6.69. The van der Waals surface area contributed by atoms with Crippen LogP contribution in [0.3, 0.4) is 0 Å². The Morgan fingerprint density at radius 3 is 2.40 bits per heavy atom. The van der Waals surface area contributed by atoms with E-state index < -0.39 is 11.7 Å². The van der Waals surface area contributed by atoms with Gasteiger partial charge >= 0.3 is 6.18 Å². The van der Waals surface area contributed by atoms with Crippen LogP contribution in [0.4, 0.5) is 13.2 Å². The Labute approximate surface area is 115 Å². The predicted octanol–water partition coefficient (Wildman–Crippen LogP) is 5.03. The molecule has 1 heterocycles. The van der Waals surface area contributed by atoms with E-state index in [1.165, 1.54) is 12.3 Å². The van der Waals surface area contributed by atoms with E-state index >= 15 is 0 Å². The molecule has 1 fully saturated rings. The molecule has 2 aromatic rings. The van der Waals surface area contributed by atoms with E-state index in [1.54, 1.807) is 12.1 Å². The van der Waals surface area contributed by atoms with Crippen LogP contribution in [-0.2, 0) is 6.18 Å². The Morgan fingerprint density at radius 1 is 1.00 bits per heavy atom. The molecule has 0 unspecified atom stereocenters. The molecule has 0 aliphatic heterocycles. The van der Waals surface area contributed by atoms with Gasteiger partial charge in [0.15, 0.2) is 0 Å². The van der Waals surface area contributed by atoms with Crippen molar-refractivity contribution in [3.05, 3.63) is 53.7 Å². The summed E-state index contributed by atoms with van der Waals surface area (Å²) in [4.78, 5) is 4.00. The van der Waals surface area contributed by atoms with Gasteiger partial charge in [0.2, 0.25) is 0 Å². The minimum Gasteiger partial charge on any atom is -0.256 e. The van der Waals surface area contributed by atoms with Gasteiger partial charge in [-0.3, -0.25) is 4.98 Å². The van der Waals surface area contributed by atoms with Crippen molar-refractivity contribution in [2.24, 2.45) is 0 Å². The summed E-state index contributed by atoms with van der Waals surface area (Å²) in [6.45, 7) is 0. The van der Waals surface area contributed by atoms with Crippen molar-refractivity contribution >= 4 is 0 Å². The normalized spacial score (nSPS) is 15.9. The predicted molar refractivity (Wildman–Crippen MR) is 71.3 cm³/mol. The molecule has 1 aliphatic rings. The highest BCUT2D eigenvalue weighted by Gasteiger charge is 2.35. The maximum Gasteiger partial charge on any atom is 0.418 e. The van der Waals surface area contributed by atoms with E-state index in [0.717, 1.165) is 30.9 Å². The summed E-state index contributed by atoms with van der Waals surface area (Å²) < 4.78 is 39.4. The van der Waals surface area contributed by atoms with Crippen LogP contribution < -0.4 is 0 Å². The van der Waals surface area contributed by atoms with Crippen LogP contribution in [0.15, 0.2) is 42.6 Å². The van der Waals surface area contributed by atoms with Crippen LogP contribution in [0.5, 0.6) is 0 Å². The second-order valence-electron chi connectivity index (χ2n) is 5.11. The lowest BCUT2D eigenvalue weighted by Crippen LogP contribution is -2.12. The van der Waals surface area contributed by atoms with Gasteiger partial charge in [-0.05, 0) is 36.5 Å². The van der Waals surface area contributed by atoms with Crippen LogP contribution in [0.2, 0.25) is 0 Å². The molecular weight excluding hydrogens is 263 g/mol. The number of benzene rings is 1. The maximum absolute atomic E-state index is 13.1. The summed E-state index contributed by atoms with van der Waals surface area (Å²) >= 11 is 0. The van der Waals surface area contributed by atoms with Crippen molar-refractivity contribution in [3.8, 4) is 11.3 Å². The van der Waals surface area contributed by atoms with E-state index in [-0.39, 0.29) is 5.69 Å². The van der Waals surface area contributed by atoms with Gasteiger partial charge in [-0.2, -0.15) is 13.2 Å². The van der Waals surface area contributed by atoms with E-state index in [1.807, 2.05) is 12.1 Å². The molecule has 104 valence electrons. The zero-order chi connectivity index (χ0) is 14.2. The lowest BCUT2D eigenvalue weighted by molar-refractivity contribution is -0.137. The largest absolute Gasteiger partial charge is 0.418 e. The number of halogens is 3. The molecule has 20 heavy (non-hydrogen) atoms. The maximum atomic E-state index is 13.1. The summed E-state index contributed by atoms with van der Waals surface area (Å²) in [5.41, 5.74) is 0.988. The fourth-order valence-electron chi connectivity index (χ4n) is 2.64. The van der Waals surface area contributed by atoms with Gasteiger partial charge in [0.1, 0.15) is 0 Å². The Kier molecular flexibility index (Phi) is 3.24. The lowest BCUT2D eigenvalue weighted by Gasteiger charge is -2.28. The molecule has 0 amide bonds. The average molecular weight is 277 g/mol. The van der Waals surface area contributed by atoms with Crippen molar-refractivity contribution in [3.63, 3.8) is 0 Å². The Hall–Kier alpha value is -1.84. The number of rotatable bonds is 2. The third-order valence-electron chi connectivity index (χ3n) is 3.87. The van der Waals surface area contributed by atoms with Gasteiger partial charge in [0.05, 0.1) is 11.3 Å². The van der Waals surface area contributed by atoms with Gasteiger partial charge in [-0.25, -0.2) is 0 Å². The average Bonchev–Trinajstić information content (AvgIpc) is 2.36. The molecule has 1 aromatic carbocycles. The zero-order valence-corrected chi connectivity index (χ0v) is 10.8. The van der Waals surface area contributed by atoms with Crippen molar-refractivity contribution in [1.82, 2.24) is 4.98 Å². The van der Waals surface area contributed by atoms with E-state index in [2.05, 4.69) is 4.98 Å². The molecule has 1 saturated carbocycles. The molecule has 3 rings (SSSR count). The first-order valence-corrected chi connectivity index (χ1v) is 6.69. The lowest BCUT2D eigenvalue weighted by atomic mass is 9.77. The highest BCUT2D eigenvalue weighted by atomic mass is 19.4. The summed E-state index contributed by atoms with van der Waals surface area (Å²) in [6.07, 6.45) is 0.280. The highest BCUT2D eigenvalue weighted by Crippen LogP contribution is 2.43. The quantitative estimate of drug-likeness (QED) is 0.749. The standard InChI is InChI=1S/C16H14F3N/c17-16(18,19)14-9-4-10-20-15(14)13-8-2-1-7-12(13)11-5-3-6-11/h1-2,4,7-11H,3,5-6H2. The molecule has 1 aliphatic carbocycles. The Bertz CT molecular complexity index is 615. The molecule has 0 N–H and O–H groups in total. The second-order valence-corrected chi connectivity index (χ2v) is 5.11. The third-order valence-corrected chi connectivity index (χ3v) is 3.87. The third kappa shape index (κ3) is 2.30. The molecule has 1 nitrogen and oxygen atoms in total. The topological polar surface area (TPSA) is 12.9 Å². The molecule has 0 saturated heterocycles. The second kappa shape index (κ2) is 4.93. The Morgan fingerprint density at radius 2 is 1.75 bits per heavy atom. The molecule has 4 heteroatoms. The van der Waals surface area contributed by atoms with Crippen LogP contribution in [0.25, 0.3) is 11.3 Å². The van der Waals surface area contributed by atoms with Crippen LogP contribution in [-0.4, -0.2) is 4.98 Å². The Balaban J connectivity index is 2.14. The summed E-state index contributed by atoms with van der Waals surface area (Å²) in [5.74, 6) is 0.370. The van der Waals surface area contributed by atoms with Crippen molar-refractivity contribution in [2.45, 2.75) is 31.4 Å². The number of hydrogen-bond donors (Lipinski definition) is 0. The number of alkyl halides is 3. The van der Waals surface area contributed by atoms with Gasteiger partial charge < -0.3 is 0 Å². The fourth-order valence-corrected chi connectivity index (χ4v) is 2.64. The van der Waals surface area contributed by atoms with E-state index in [0.29, 0.717) is 11.5 Å². The number of hydrogen-bond acceptors (Lipinski definition) is 1. The van der Waals surface area contributed by atoms with Crippen LogP contribution in [0.1, 0.15) is 36.3 Å². The van der Waals surface area contributed by atoms with Crippen molar-refractivity contribution in [2.75, 3.05) is 0 Å². The fraction of sp³-hybridized carbons (Fsp3) is 0.312. The number of aromatic nitrogens is 1. The van der Waals surface area contributed by atoms with Crippen LogP contribution >= 0.6 is 0 Å². The summed E-state index contributed by atoms with van der Waals surface area (Å²) in [5, 5.41) is 0. The molecular formula is C16H14F3N. The first kappa shape index (κ1) is 13.2. The molecule has 0 spiro atoms. The SMILES string of the molecule is FC(F)(F)c1cccnc1-c1ccccc1C1CCC1. The van der Waals surface area contributed by atoms with Gasteiger partial charge in [-0.15, -0.1) is 0 Å². The molecule has 0 bridgehead atoms. The van der Waals surface area contributed by atoms with Gasteiger partial charge in [0, 0.05) is 11.8 Å². The van der Waals surface area contributed by atoms with E-state index in [9.17, 15) is 13.2 Å². The van der Waals surface area contributed by atoms with Gasteiger partial charge in [0.25, 0.3) is 0 Å². The monoisotopic (exact) mass is 277 g/mol. The number of nitrogens with zero attached hydrogens (tertiary/aromatic N) is 1. The van der Waals surface area contributed by atoms with Gasteiger partial charge in [-0.1, -0.05) is 30.7 Å².